The lowest BCUT2D eigenvalue weighted by Gasteiger charge is -2.27. The van der Waals surface area contributed by atoms with Gasteiger partial charge in [0.2, 0.25) is 23.6 Å². The second-order valence-electron chi connectivity index (χ2n) is 8.79. The molecule has 2 aliphatic heterocycles. The number of likely N-dealkylation sites (tertiary alicyclic amines) is 2. The van der Waals surface area contributed by atoms with Crippen LogP contribution < -0.4 is 27.8 Å². The Hall–Kier alpha value is -3.42. The van der Waals surface area contributed by atoms with Crippen molar-refractivity contribution in [2.45, 2.75) is 69.6 Å². The maximum atomic E-state index is 12.8. The Labute approximate surface area is 203 Å². The molecule has 2 aliphatic rings. The molecule has 2 heterocycles. The van der Waals surface area contributed by atoms with E-state index in [2.05, 4.69) is 15.6 Å². The summed E-state index contributed by atoms with van der Waals surface area (Å²) in [5.41, 5.74) is 16.1. The van der Waals surface area contributed by atoms with Gasteiger partial charge in [0.15, 0.2) is 5.96 Å². The van der Waals surface area contributed by atoms with Gasteiger partial charge in [-0.1, -0.05) is 0 Å². The van der Waals surface area contributed by atoms with Crippen LogP contribution >= 0.6 is 0 Å². The normalized spacial score (nSPS) is 21.2. The van der Waals surface area contributed by atoms with Crippen molar-refractivity contribution in [3.8, 4) is 0 Å². The van der Waals surface area contributed by atoms with E-state index >= 15 is 0 Å². The Morgan fingerprint density at radius 3 is 2.20 bits per heavy atom. The fourth-order valence-corrected chi connectivity index (χ4v) is 4.31. The SMILES string of the molecule is C[C@@H](N)C(=O)N1CCC[C@H]1C(=O)NCC(=O)N1CCC[C@H]1C(=O)N[C@@H](CCCN=C(N)N)C(=O)O. The maximum absolute atomic E-state index is 12.8. The van der Waals surface area contributed by atoms with E-state index in [9.17, 15) is 29.1 Å². The number of aliphatic imine (C=N–C) groups is 1. The van der Waals surface area contributed by atoms with E-state index in [4.69, 9.17) is 17.2 Å². The number of carbonyl (C=O) groups is 5. The molecule has 0 spiro atoms. The summed E-state index contributed by atoms with van der Waals surface area (Å²) in [6, 6.07) is -3.39. The van der Waals surface area contributed by atoms with Gasteiger partial charge in [-0.15, -0.1) is 0 Å². The van der Waals surface area contributed by atoms with Gasteiger partial charge in [0.05, 0.1) is 12.6 Å². The van der Waals surface area contributed by atoms with E-state index in [1.54, 1.807) is 6.92 Å². The average molecular weight is 497 g/mol. The van der Waals surface area contributed by atoms with Crippen LogP contribution in [0, 0.1) is 0 Å². The van der Waals surface area contributed by atoms with Crippen LogP contribution in [0.3, 0.4) is 0 Å². The number of aliphatic carboxylic acids is 1. The Kier molecular flexibility index (Phi) is 10.2. The van der Waals surface area contributed by atoms with E-state index in [0.29, 0.717) is 45.2 Å². The minimum Gasteiger partial charge on any atom is -0.480 e. The molecule has 14 nitrogen and oxygen atoms in total. The van der Waals surface area contributed by atoms with Crippen molar-refractivity contribution < 1.29 is 29.1 Å². The van der Waals surface area contributed by atoms with Crippen molar-refractivity contribution >= 4 is 35.6 Å². The molecule has 0 aromatic carbocycles. The van der Waals surface area contributed by atoms with E-state index in [0.717, 1.165) is 0 Å². The lowest BCUT2D eigenvalue weighted by molar-refractivity contribution is -0.144. The van der Waals surface area contributed by atoms with Gasteiger partial charge in [0.25, 0.3) is 0 Å². The zero-order chi connectivity index (χ0) is 26.1. The smallest absolute Gasteiger partial charge is 0.326 e. The lowest BCUT2D eigenvalue weighted by atomic mass is 10.1. The molecule has 0 radical (unpaired) electrons. The van der Waals surface area contributed by atoms with Gasteiger partial charge in [-0.05, 0) is 45.4 Å². The summed E-state index contributed by atoms with van der Waals surface area (Å²) in [4.78, 5) is 68.5. The first-order valence-electron chi connectivity index (χ1n) is 11.7. The van der Waals surface area contributed by atoms with E-state index in [1.807, 2.05) is 0 Å². The Bertz CT molecular complexity index is 844. The van der Waals surface area contributed by atoms with Crippen LogP contribution in [0.15, 0.2) is 4.99 Å². The fraction of sp³-hybridized carbons (Fsp3) is 0.714. The number of amides is 4. The molecule has 0 unspecified atom stereocenters. The summed E-state index contributed by atoms with van der Waals surface area (Å²) >= 11 is 0. The molecule has 0 aromatic heterocycles. The Morgan fingerprint density at radius 2 is 1.63 bits per heavy atom. The molecular formula is C21H36N8O6. The molecule has 0 aliphatic carbocycles. The van der Waals surface area contributed by atoms with Gasteiger partial charge in [-0.25, -0.2) is 4.79 Å². The average Bonchev–Trinajstić information content (AvgIpc) is 3.48. The van der Waals surface area contributed by atoms with Crippen LogP contribution in [0.4, 0.5) is 0 Å². The number of carboxylic acid groups (broad SMARTS) is 1. The van der Waals surface area contributed by atoms with E-state index in [-0.39, 0.29) is 31.4 Å². The van der Waals surface area contributed by atoms with Crippen molar-refractivity contribution in [1.29, 1.82) is 0 Å². The van der Waals surface area contributed by atoms with Gasteiger partial charge in [0, 0.05) is 19.6 Å². The van der Waals surface area contributed by atoms with Crippen molar-refractivity contribution in [3.05, 3.63) is 0 Å². The molecule has 0 saturated carbocycles. The highest BCUT2D eigenvalue weighted by Crippen LogP contribution is 2.20. The standard InChI is InChI=1S/C21H36N8O6/c1-12(22)19(33)29-10-4-6-14(29)17(31)26-11-16(30)28-9-3-7-15(28)18(32)27-13(20(34)35)5-2-8-25-21(23)24/h12-15H,2-11,22H2,1H3,(H,26,31)(H,27,32)(H,34,35)(H4,23,24,25)/t12-,13+,14+,15+/m1/s1. The zero-order valence-corrected chi connectivity index (χ0v) is 19.9. The molecule has 14 heteroatoms. The topological polar surface area (TPSA) is 227 Å². The molecule has 35 heavy (non-hydrogen) atoms. The second kappa shape index (κ2) is 12.9. The van der Waals surface area contributed by atoms with Crippen molar-refractivity contribution in [2.75, 3.05) is 26.2 Å². The number of guanidine groups is 1. The highest BCUT2D eigenvalue weighted by Gasteiger charge is 2.38. The van der Waals surface area contributed by atoms with Crippen LogP contribution in [0.2, 0.25) is 0 Å². The molecule has 2 saturated heterocycles. The van der Waals surface area contributed by atoms with Crippen LogP contribution in [0.25, 0.3) is 0 Å². The number of hydrogen-bond acceptors (Lipinski definition) is 7. The van der Waals surface area contributed by atoms with E-state index < -0.39 is 47.9 Å². The maximum Gasteiger partial charge on any atom is 0.326 e. The first-order chi connectivity index (χ1) is 16.5. The molecule has 0 aromatic rings. The van der Waals surface area contributed by atoms with Gasteiger partial charge >= 0.3 is 5.97 Å². The molecule has 2 fully saturated rings. The highest BCUT2D eigenvalue weighted by molar-refractivity contribution is 5.94. The van der Waals surface area contributed by atoms with Crippen molar-refractivity contribution in [2.24, 2.45) is 22.2 Å². The number of nitrogens with zero attached hydrogens (tertiary/aromatic N) is 3. The van der Waals surface area contributed by atoms with Crippen LogP contribution in [0.5, 0.6) is 0 Å². The molecule has 4 amide bonds. The Morgan fingerprint density at radius 1 is 1.03 bits per heavy atom. The molecule has 9 N–H and O–H groups in total. The third kappa shape index (κ3) is 7.80. The number of nitrogens with one attached hydrogen (secondary N) is 2. The third-order valence-electron chi connectivity index (χ3n) is 6.08. The van der Waals surface area contributed by atoms with Gasteiger partial charge < -0.3 is 42.7 Å². The monoisotopic (exact) mass is 496 g/mol. The third-order valence-corrected chi connectivity index (χ3v) is 6.08. The number of carbonyl (C=O) groups excluding carboxylic acids is 4. The Balaban J connectivity index is 1.90. The highest BCUT2D eigenvalue weighted by atomic mass is 16.4. The van der Waals surface area contributed by atoms with Crippen LogP contribution in [-0.2, 0) is 24.0 Å². The van der Waals surface area contributed by atoms with Crippen LogP contribution in [0.1, 0.15) is 45.4 Å². The predicted molar refractivity (Wildman–Crippen MR) is 126 cm³/mol. The predicted octanol–water partition coefficient (Wildman–Crippen LogP) is -2.95. The summed E-state index contributed by atoms with van der Waals surface area (Å²) in [6.45, 7) is 2.19. The molecule has 196 valence electrons. The largest absolute Gasteiger partial charge is 0.480 e. The molecule has 4 atom stereocenters. The first-order valence-corrected chi connectivity index (χ1v) is 11.7. The minimum atomic E-state index is -1.20. The van der Waals surface area contributed by atoms with E-state index in [1.165, 1.54) is 9.80 Å². The second-order valence-corrected chi connectivity index (χ2v) is 8.79. The summed E-state index contributed by atoms with van der Waals surface area (Å²) in [5, 5.41) is 14.5. The molecular weight excluding hydrogens is 460 g/mol. The fourth-order valence-electron chi connectivity index (χ4n) is 4.31. The van der Waals surface area contributed by atoms with Gasteiger partial charge in [-0.2, -0.15) is 0 Å². The number of hydrogen-bond donors (Lipinski definition) is 6. The van der Waals surface area contributed by atoms with Gasteiger partial charge in [-0.3, -0.25) is 24.2 Å². The summed E-state index contributed by atoms with van der Waals surface area (Å²) in [6.07, 6.45) is 2.55. The van der Waals surface area contributed by atoms with Gasteiger partial charge in [0.1, 0.15) is 18.1 Å². The first kappa shape index (κ1) is 27.8. The lowest BCUT2D eigenvalue weighted by Crippen LogP contribution is -2.54. The number of rotatable bonds is 11. The summed E-state index contributed by atoms with van der Waals surface area (Å²) in [5.74, 6) is -3.10. The zero-order valence-electron chi connectivity index (χ0n) is 19.9. The number of nitrogens with two attached hydrogens (primary N) is 3. The minimum absolute atomic E-state index is 0.103. The molecule has 0 bridgehead atoms. The van der Waals surface area contributed by atoms with Crippen molar-refractivity contribution in [3.63, 3.8) is 0 Å². The molecule has 2 rings (SSSR count). The quantitative estimate of drug-likeness (QED) is 0.0975. The van der Waals surface area contributed by atoms with Crippen molar-refractivity contribution in [1.82, 2.24) is 20.4 Å². The summed E-state index contributed by atoms with van der Waals surface area (Å²) < 4.78 is 0. The number of carboxylic acids is 1. The van der Waals surface area contributed by atoms with Crippen LogP contribution in [-0.4, -0.2) is 101 Å². The summed E-state index contributed by atoms with van der Waals surface area (Å²) in [7, 11) is 0.